The number of amides is 1. The first-order chi connectivity index (χ1) is 8.46. The van der Waals surface area contributed by atoms with Crippen LogP contribution < -0.4 is 5.32 Å². The minimum absolute atomic E-state index is 0.271. The summed E-state index contributed by atoms with van der Waals surface area (Å²) < 4.78 is 0. The Morgan fingerprint density at radius 2 is 1.94 bits per heavy atom. The molecule has 1 N–H and O–H groups in total. The van der Waals surface area contributed by atoms with Crippen LogP contribution in [0.3, 0.4) is 0 Å². The predicted octanol–water partition coefficient (Wildman–Crippen LogP) is 0.929. The molecule has 1 aliphatic carbocycles. The fourth-order valence-corrected chi connectivity index (χ4v) is 3.01. The van der Waals surface area contributed by atoms with Crippen molar-refractivity contribution in [2.24, 2.45) is 5.41 Å². The lowest BCUT2D eigenvalue weighted by Gasteiger charge is -2.32. The Bertz CT molecular complexity index is 295. The molecule has 1 unspecified atom stereocenters. The van der Waals surface area contributed by atoms with Crippen molar-refractivity contribution in [1.29, 1.82) is 0 Å². The van der Waals surface area contributed by atoms with Crippen molar-refractivity contribution in [3.05, 3.63) is 0 Å². The van der Waals surface area contributed by atoms with Gasteiger partial charge in [-0.1, -0.05) is 13.8 Å². The number of rotatable bonds is 3. The van der Waals surface area contributed by atoms with Gasteiger partial charge < -0.3 is 15.1 Å². The lowest BCUT2D eigenvalue weighted by molar-refractivity contribution is -0.131. The maximum absolute atomic E-state index is 12.1. The number of carbonyl (C=O) groups is 1. The van der Waals surface area contributed by atoms with Crippen LogP contribution in [0.5, 0.6) is 0 Å². The van der Waals surface area contributed by atoms with Gasteiger partial charge in [-0.3, -0.25) is 4.79 Å². The maximum Gasteiger partial charge on any atom is 0.236 e. The molecule has 1 saturated heterocycles. The van der Waals surface area contributed by atoms with Crippen LogP contribution in [0, 0.1) is 5.41 Å². The zero-order valence-electron chi connectivity index (χ0n) is 12.0. The van der Waals surface area contributed by atoms with Gasteiger partial charge in [0, 0.05) is 32.2 Å². The van der Waals surface area contributed by atoms with E-state index in [1.807, 2.05) is 4.90 Å². The van der Waals surface area contributed by atoms with E-state index in [9.17, 15) is 4.79 Å². The number of nitrogens with one attached hydrogen (secondary N) is 1. The summed E-state index contributed by atoms with van der Waals surface area (Å²) in [6.45, 7) is 8.92. The summed E-state index contributed by atoms with van der Waals surface area (Å²) in [5.41, 5.74) is 0.453. The van der Waals surface area contributed by atoms with Crippen molar-refractivity contribution in [1.82, 2.24) is 15.1 Å². The fourth-order valence-electron chi connectivity index (χ4n) is 3.01. The van der Waals surface area contributed by atoms with Crippen LogP contribution in [0.25, 0.3) is 0 Å². The number of carbonyl (C=O) groups excluding carboxylic acids is 1. The van der Waals surface area contributed by atoms with E-state index in [1.54, 1.807) is 0 Å². The molecule has 0 spiro atoms. The van der Waals surface area contributed by atoms with Crippen LogP contribution in [-0.2, 0) is 4.79 Å². The summed E-state index contributed by atoms with van der Waals surface area (Å²) in [7, 11) is 2.11. The third kappa shape index (κ3) is 3.69. The van der Waals surface area contributed by atoms with E-state index in [1.165, 1.54) is 19.3 Å². The highest BCUT2D eigenvalue weighted by atomic mass is 16.2. The van der Waals surface area contributed by atoms with E-state index in [0.717, 1.165) is 26.2 Å². The summed E-state index contributed by atoms with van der Waals surface area (Å²) in [5.74, 6) is 0.271. The van der Waals surface area contributed by atoms with Gasteiger partial charge in [-0.05, 0) is 31.7 Å². The van der Waals surface area contributed by atoms with E-state index in [2.05, 4.69) is 31.1 Å². The van der Waals surface area contributed by atoms with Crippen molar-refractivity contribution < 1.29 is 4.79 Å². The van der Waals surface area contributed by atoms with Crippen LogP contribution in [0.2, 0.25) is 0 Å². The number of likely N-dealkylation sites (N-methyl/N-ethyl adjacent to an activating group) is 1. The second-order valence-electron chi connectivity index (χ2n) is 6.67. The van der Waals surface area contributed by atoms with Crippen LogP contribution in [0.4, 0.5) is 0 Å². The van der Waals surface area contributed by atoms with Crippen LogP contribution in [0.15, 0.2) is 0 Å². The normalized spacial score (nSPS) is 28.6. The molecule has 18 heavy (non-hydrogen) atoms. The van der Waals surface area contributed by atoms with Crippen molar-refractivity contribution in [3.8, 4) is 0 Å². The molecule has 4 heteroatoms. The lowest BCUT2D eigenvalue weighted by Crippen LogP contribution is -2.50. The second kappa shape index (κ2) is 5.57. The highest BCUT2D eigenvalue weighted by molar-refractivity contribution is 5.78. The summed E-state index contributed by atoms with van der Waals surface area (Å²) in [6.07, 6.45) is 3.68. The molecular formula is C14H27N3O. The molecule has 2 rings (SSSR count). The smallest absolute Gasteiger partial charge is 0.236 e. The molecule has 1 aliphatic heterocycles. The van der Waals surface area contributed by atoms with Gasteiger partial charge in [0.2, 0.25) is 5.91 Å². The maximum atomic E-state index is 12.1. The third-order valence-corrected chi connectivity index (χ3v) is 4.37. The van der Waals surface area contributed by atoms with Gasteiger partial charge in [-0.25, -0.2) is 0 Å². The van der Waals surface area contributed by atoms with Crippen molar-refractivity contribution in [2.75, 3.05) is 39.8 Å². The number of hydrogen-bond donors (Lipinski definition) is 1. The first-order valence-corrected chi connectivity index (χ1v) is 7.16. The topological polar surface area (TPSA) is 35.6 Å². The Balaban J connectivity index is 1.69. The van der Waals surface area contributed by atoms with E-state index >= 15 is 0 Å². The van der Waals surface area contributed by atoms with E-state index in [0.29, 0.717) is 18.0 Å². The molecule has 1 saturated carbocycles. The zero-order valence-corrected chi connectivity index (χ0v) is 12.0. The summed E-state index contributed by atoms with van der Waals surface area (Å²) in [4.78, 5) is 16.3. The average molecular weight is 253 g/mol. The monoisotopic (exact) mass is 253 g/mol. The second-order valence-corrected chi connectivity index (χ2v) is 6.67. The number of hydrogen-bond acceptors (Lipinski definition) is 3. The minimum atomic E-state index is 0.271. The van der Waals surface area contributed by atoms with Crippen molar-refractivity contribution >= 4 is 5.91 Å². The molecule has 1 atom stereocenters. The van der Waals surface area contributed by atoms with Gasteiger partial charge in [0.05, 0.1) is 6.54 Å². The van der Waals surface area contributed by atoms with Gasteiger partial charge >= 0.3 is 0 Å². The van der Waals surface area contributed by atoms with Gasteiger partial charge in [-0.15, -0.1) is 0 Å². The third-order valence-electron chi connectivity index (χ3n) is 4.37. The van der Waals surface area contributed by atoms with E-state index in [4.69, 9.17) is 0 Å². The number of piperazine rings is 1. The molecule has 0 bridgehead atoms. The molecule has 2 fully saturated rings. The Morgan fingerprint density at radius 3 is 2.50 bits per heavy atom. The highest BCUT2D eigenvalue weighted by Crippen LogP contribution is 2.36. The van der Waals surface area contributed by atoms with E-state index < -0.39 is 0 Å². The molecular weight excluding hydrogens is 226 g/mol. The Kier molecular flexibility index (Phi) is 4.28. The molecule has 1 heterocycles. The van der Waals surface area contributed by atoms with E-state index in [-0.39, 0.29) is 5.91 Å². The van der Waals surface area contributed by atoms with Gasteiger partial charge in [0.1, 0.15) is 0 Å². The fraction of sp³-hybridized carbons (Fsp3) is 0.929. The quantitative estimate of drug-likeness (QED) is 0.813. The molecule has 0 aromatic heterocycles. The standard InChI is InChI=1S/C14H27N3O/c1-14(2)5-4-12(10-14)15-11-13(18)17-8-6-16(3)7-9-17/h12,15H,4-11H2,1-3H3. The molecule has 4 nitrogen and oxygen atoms in total. The Hall–Kier alpha value is -0.610. The first-order valence-electron chi connectivity index (χ1n) is 7.16. The van der Waals surface area contributed by atoms with Crippen molar-refractivity contribution in [2.45, 2.75) is 39.2 Å². The predicted molar refractivity (Wildman–Crippen MR) is 73.5 cm³/mol. The SMILES string of the molecule is CN1CCN(C(=O)CNC2CCC(C)(C)C2)CC1. The molecule has 0 radical (unpaired) electrons. The molecule has 2 aliphatic rings. The Labute approximate surface area is 111 Å². The largest absolute Gasteiger partial charge is 0.339 e. The summed E-state index contributed by atoms with van der Waals surface area (Å²) in [5, 5.41) is 3.44. The number of nitrogens with zero attached hydrogens (tertiary/aromatic N) is 2. The average Bonchev–Trinajstić information content (AvgIpc) is 2.67. The molecule has 1 amide bonds. The van der Waals surface area contributed by atoms with Gasteiger partial charge in [0.25, 0.3) is 0 Å². The summed E-state index contributed by atoms with van der Waals surface area (Å²) >= 11 is 0. The van der Waals surface area contributed by atoms with Gasteiger partial charge in [-0.2, -0.15) is 0 Å². The first kappa shape index (κ1) is 13.8. The zero-order chi connectivity index (χ0) is 13.2. The van der Waals surface area contributed by atoms with Crippen LogP contribution in [0.1, 0.15) is 33.1 Å². The molecule has 104 valence electrons. The molecule has 0 aromatic carbocycles. The van der Waals surface area contributed by atoms with Crippen molar-refractivity contribution in [3.63, 3.8) is 0 Å². The van der Waals surface area contributed by atoms with Gasteiger partial charge in [0.15, 0.2) is 0 Å². The van der Waals surface area contributed by atoms with Crippen LogP contribution in [-0.4, -0.2) is 61.5 Å². The highest BCUT2D eigenvalue weighted by Gasteiger charge is 2.31. The minimum Gasteiger partial charge on any atom is -0.339 e. The summed E-state index contributed by atoms with van der Waals surface area (Å²) in [6, 6.07) is 0.538. The Morgan fingerprint density at radius 1 is 1.28 bits per heavy atom. The van der Waals surface area contributed by atoms with Crippen LogP contribution >= 0.6 is 0 Å². The molecule has 0 aromatic rings. The lowest BCUT2D eigenvalue weighted by atomic mass is 9.92.